The normalized spacial score (nSPS) is 14.1. The first kappa shape index (κ1) is 19.0. The van der Waals surface area contributed by atoms with Crippen LogP contribution >= 0.6 is 11.3 Å². The van der Waals surface area contributed by atoms with E-state index in [0.29, 0.717) is 17.1 Å². The molecule has 2 aromatic rings. The molecule has 1 fully saturated rings. The first-order chi connectivity index (χ1) is 13.0. The molecule has 1 aromatic heterocycles. The van der Waals surface area contributed by atoms with Crippen molar-refractivity contribution in [1.82, 2.24) is 15.6 Å². The van der Waals surface area contributed by atoms with Gasteiger partial charge in [0.2, 0.25) is 5.91 Å². The van der Waals surface area contributed by atoms with Crippen molar-refractivity contribution in [2.24, 2.45) is 5.92 Å². The summed E-state index contributed by atoms with van der Waals surface area (Å²) in [5.41, 5.74) is 1.41. The second kappa shape index (κ2) is 8.77. The smallest absolute Gasteiger partial charge is 0.355 e. The van der Waals surface area contributed by atoms with Crippen molar-refractivity contribution < 1.29 is 19.5 Å². The number of rotatable bonds is 7. The van der Waals surface area contributed by atoms with Crippen LogP contribution in [-0.2, 0) is 17.9 Å². The Kier molecular flexibility index (Phi) is 6.18. The van der Waals surface area contributed by atoms with Crippen LogP contribution in [0.1, 0.15) is 57.1 Å². The van der Waals surface area contributed by atoms with Crippen molar-refractivity contribution in [3.8, 4) is 0 Å². The zero-order valence-corrected chi connectivity index (χ0v) is 15.6. The van der Waals surface area contributed by atoms with Crippen LogP contribution in [0.15, 0.2) is 29.6 Å². The summed E-state index contributed by atoms with van der Waals surface area (Å²) >= 11 is 1.19. The summed E-state index contributed by atoms with van der Waals surface area (Å²) in [5.74, 6) is -1.09. The number of thiazole rings is 1. The molecule has 0 aliphatic heterocycles. The number of nitrogens with zero attached hydrogens (tertiary/aromatic N) is 1. The molecule has 7 nitrogen and oxygen atoms in total. The summed E-state index contributed by atoms with van der Waals surface area (Å²) < 4.78 is 0. The summed E-state index contributed by atoms with van der Waals surface area (Å²) in [7, 11) is 0. The van der Waals surface area contributed by atoms with E-state index in [1.165, 1.54) is 16.7 Å². The van der Waals surface area contributed by atoms with Crippen LogP contribution in [0.4, 0.5) is 0 Å². The Morgan fingerprint density at radius 2 is 1.78 bits per heavy atom. The van der Waals surface area contributed by atoms with E-state index < -0.39 is 5.97 Å². The Balaban J connectivity index is 1.47. The Morgan fingerprint density at radius 1 is 1.07 bits per heavy atom. The van der Waals surface area contributed by atoms with E-state index >= 15 is 0 Å². The van der Waals surface area contributed by atoms with E-state index in [2.05, 4.69) is 15.6 Å². The molecule has 2 amide bonds. The highest BCUT2D eigenvalue weighted by molar-refractivity contribution is 7.09. The third-order valence-corrected chi connectivity index (χ3v) is 5.43. The van der Waals surface area contributed by atoms with Crippen LogP contribution in [0, 0.1) is 5.92 Å². The first-order valence-electron chi connectivity index (χ1n) is 8.85. The molecule has 0 spiro atoms. The summed E-state index contributed by atoms with van der Waals surface area (Å²) in [6.45, 7) is 0.629. The SMILES string of the molecule is O=C(NCc1nc(C(=O)O)cs1)c1ccc(CNC(=O)C2CCCC2)cc1. The van der Waals surface area contributed by atoms with Crippen molar-refractivity contribution in [3.63, 3.8) is 0 Å². The van der Waals surface area contributed by atoms with Gasteiger partial charge < -0.3 is 15.7 Å². The van der Waals surface area contributed by atoms with Crippen LogP contribution < -0.4 is 10.6 Å². The number of amides is 2. The van der Waals surface area contributed by atoms with Gasteiger partial charge in [-0.05, 0) is 30.5 Å². The number of benzene rings is 1. The van der Waals surface area contributed by atoms with E-state index in [0.717, 1.165) is 31.2 Å². The van der Waals surface area contributed by atoms with Crippen molar-refractivity contribution in [3.05, 3.63) is 51.5 Å². The lowest BCUT2D eigenvalue weighted by atomic mass is 10.1. The van der Waals surface area contributed by atoms with E-state index in [4.69, 9.17) is 5.11 Å². The van der Waals surface area contributed by atoms with Crippen molar-refractivity contribution in [2.45, 2.75) is 38.8 Å². The summed E-state index contributed by atoms with van der Waals surface area (Å²) in [6.07, 6.45) is 4.19. The highest BCUT2D eigenvalue weighted by Crippen LogP contribution is 2.24. The van der Waals surface area contributed by atoms with Gasteiger partial charge in [-0.15, -0.1) is 11.3 Å². The number of nitrogens with one attached hydrogen (secondary N) is 2. The van der Waals surface area contributed by atoms with Crippen LogP contribution in [0.25, 0.3) is 0 Å². The molecule has 8 heteroatoms. The number of carboxylic acid groups (broad SMARTS) is 1. The molecule has 1 aliphatic rings. The Labute approximate surface area is 160 Å². The maximum atomic E-state index is 12.2. The first-order valence-corrected chi connectivity index (χ1v) is 9.73. The fourth-order valence-electron chi connectivity index (χ4n) is 3.04. The monoisotopic (exact) mass is 387 g/mol. The van der Waals surface area contributed by atoms with Crippen LogP contribution in [0.5, 0.6) is 0 Å². The number of hydrogen-bond donors (Lipinski definition) is 3. The Hall–Kier alpha value is -2.74. The van der Waals surface area contributed by atoms with E-state index in [-0.39, 0.29) is 30.0 Å². The molecule has 0 atom stereocenters. The minimum absolute atomic E-state index is 0.0201. The molecule has 3 rings (SSSR count). The Morgan fingerprint density at radius 3 is 2.41 bits per heavy atom. The Bertz CT molecular complexity index is 826. The molecule has 0 bridgehead atoms. The predicted octanol–water partition coefficient (Wildman–Crippen LogP) is 2.58. The number of aromatic carboxylic acids is 1. The standard InChI is InChI=1S/C19H21N3O4S/c23-17(13-3-1-2-4-13)20-9-12-5-7-14(8-6-12)18(24)21-10-16-22-15(11-27-16)19(25)26/h5-8,11,13H,1-4,9-10H2,(H,20,23)(H,21,24)(H,25,26). The van der Waals surface area contributed by atoms with Crippen LogP contribution in [-0.4, -0.2) is 27.9 Å². The van der Waals surface area contributed by atoms with E-state index in [1.807, 2.05) is 12.1 Å². The average molecular weight is 387 g/mol. The van der Waals surface area contributed by atoms with Gasteiger partial charge >= 0.3 is 5.97 Å². The molecule has 142 valence electrons. The van der Waals surface area contributed by atoms with Crippen molar-refractivity contribution >= 4 is 29.1 Å². The van der Waals surface area contributed by atoms with Gasteiger partial charge in [0, 0.05) is 23.4 Å². The van der Waals surface area contributed by atoms with Gasteiger partial charge in [-0.2, -0.15) is 0 Å². The fourth-order valence-corrected chi connectivity index (χ4v) is 3.75. The predicted molar refractivity (Wildman–Crippen MR) is 100 cm³/mol. The highest BCUT2D eigenvalue weighted by Gasteiger charge is 2.22. The zero-order chi connectivity index (χ0) is 19.2. The van der Waals surface area contributed by atoms with Gasteiger partial charge in [0.1, 0.15) is 5.01 Å². The van der Waals surface area contributed by atoms with Gasteiger partial charge in [0.25, 0.3) is 5.91 Å². The highest BCUT2D eigenvalue weighted by atomic mass is 32.1. The van der Waals surface area contributed by atoms with Gasteiger partial charge in [-0.1, -0.05) is 25.0 Å². The van der Waals surface area contributed by atoms with Crippen LogP contribution in [0.2, 0.25) is 0 Å². The van der Waals surface area contributed by atoms with Crippen molar-refractivity contribution in [2.75, 3.05) is 0 Å². The number of hydrogen-bond acceptors (Lipinski definition) is 5. The maximum Gasteiger partial charge on any atom is 0.355 e. The van der Waals surface area contributed by atoms with Gasteiger partial charge in [-0.25, -0.2) is 9.78 Å². The number of carbonyl (C=O) groups excluding carboxylic acids is 2. The van der Waals surface area contributed by atoms with E-state index in [9.17, 15) is 14.4 Å². The summed E-state index contributed by atoms with van der Waals surface area (Å²) in [6, 6.07) is 7.04. The number of aromatic nitrogens is 1. The lowest BCUT2D eigenvalue weighted by Gasteiger charge is -2.10. The van der Waals surface area contributed by atoms with Gasteiger partial charge in [0.15, 0.2) is 5.69 Å². The topological polar surface area (TPSA) is 108 Å². The second-order valence-corrected chi connectivity index (χ2v) is 7.45. The largest absolute Gasteiger partial charge is 0.476 e. The molecule has 27 heavy (non-hydrogen) atoms. The minimum Gasteiger partial charge on any atom is -0.476 e. The lowest BCUT2D eigenvalue weighted by Crippen LogP contribution is -2.28. The number of carboxylic acids is 1. The van der Waals surface area contributed by atoms with Gasteiger partial charge in [-0.3, -0.25) is 9.59 Å². The molecule has 1 aliphatic carbocycles. The quantitative estimate of drug-likeness (QED) is 0.677. The molecule has 1 heterocycles. The van der Waals surface area contributed by atoms with Crippen LogP contribution in [0.3, 0.4) is 0 Å². The third-order valence-electron chi connectivity index (χ3n) is 4.58. The molecule has 1 saturated carbocycles. The minimum atomic E-state index is -1.08. The van der Waals surface area contributed by atoms with E-state index in [1.54, 1.807) is 12.1 Å². The summed E-state index contributed by atoms with van der Waals surface area (Å²) in [5, 5.41) is 16.5. The average Bonchev–Trinajstić information content (AvgIpc) is 3.36. The molecule has 0 saturated heterocycles. The fraction of sp³-hybridized carbons (Fsp3) is 0.368. The number of carbonyl (C=O) groups is 3. The molecule has 0 unspecified atom stereocenters. The second-order valence-electron chi connectivity index (χ2n) is 6.51. The maximum absolute atomic E-state index is 12.2. The molecular formula is C19H21N3O4S. The third kappa shape index (κ3) is 5.13. The summed E-state index contributed by atoms with van der Waals surface area (Å²) in [4.78, 5) is 39.0. The molecule has 0 radical (unpaired) electrons. The molecule has 1 aromatic carbocycles. The molecule has 3 N–H and O–H groups in total. The molecular weight excluding hydrogens is 366 g/mol. The van der Waals surface area contributed by atoms with Crippen molar-refractivity contribution in [1.29, 1.82) is 0 Å². The lowest BCUT2D eigenvalue weighted by molar-refractivity contribution is -0.124. The van der Waals surface area contributed by atoms with Gasteiger partial charge in [0.05, 0.1) is 6.54 Å². The zero-order valence-electron chi connectivity index (χ0n) is 14.7.